The predicted octanol–water partition coefficient (Wildman–Crippen LogP) is 2.28. The van der Waals surface area contributed by atoms with E-state index in [-0.39, 0.29) is 11.3 Å². The van der Waals surface area contributed by atoms with Crippen LogP contribution in [0.1, 0.15) is 32.6 Å². The Labute approximate surface area is 108 Å². The van der Waals surface area contributed by atoms with Gasteiger partial charge in [-0.3, -0.25) is 4.79 Å². The molecule has 1 amide bonds. The van der Waals surface area contributed by atoms with Crippen molar-refractivity contribution in [3.63, 3.8) is 0 Å². The van der Waals surface area contributed by atoms with Gasteiger partial charge in [0.15, 0.2) is 0 Å². The van der Waals surface area contributed by atoms with Crippen LogP contribution in [0.4, 0.5) is 0 Å². The summed E-state index contributed by atoms with van der Waals surface area (Å²) in [6.07, 6.45) is 4.96. The first kappa shape index (κ1) is 13.2. The van der Waals surface area contributed by atoms with E-state index in [1.807, 2.05) is 4.90 Å². The maximum absolute atomic E-state index is 12.0. The topological polar surface area (TPSA) is 29.5 Å². The summed E-state index contributed by atoms with van der Waals surface area (Å²) in [6.45, 7) is 4.24. The minimum Gasteiger partial charge on any atom is -0.384 e. The van der Waals surface area contributed by atoms with Crippen molar-refractivity contribution in [3.8, 4) is 0 Å². The minimum absolute atomic E-state index is 0.0801. The number of hydrogen-bond acceptors (Lipinski definition) is 2. The molecule has 0 aromatic rings. The van der Waals surface area contributed by atoms with Gasteiger partial charge in [0.05, 0.1) is 6.61 Å². The van der Waals surface area contributed by atoms with E-state index < -0.39 is 5.38 Å². The van der Waals surface area contributed by atoms with Crippen molar-refractivity contribution in [2.75, 3.05) is 26.8 Å². The van der Waals surface area contributed by atoms with Crippen molar-refractivity contribution in [2.45, 2.75) is 38.0 Å². The second-order valence-corrected chi connectivity index (χ2v) is 6.23. The van der Waals surface area contributed by atoms with Gasteiger partial charge in [-0.2, -0.15) is 0 Å². The summed E-state index contributed by atoms with van der Waals surface area (Å²) in [6, 6.07) is 0. The van der Waals surface area contributed by atoms with E-state index >= 15 is 0 Å². The molecule has 0 radical (unpaired) electrons. The highest BCUT2D eigenvalue weighted by Crippen LogP contribution is 2.47. The van der Waals surface area contributed by atoms with Gasteiger partial charge in [-0.25, -0.2) is 0 Å². The van der Waals surface area contributed by atoms with Crippen molar-refractivity contribution in [3.05, 3.63) is 0 Å². The van der Waals surface area contributed by atoms with Crippen LogP contribution >= 0.6 is 11.6 Å². The van der Waals surface area contributed by atoms with Crippen molar-refractivity contribution in [1.29, 1.82) is 0 Å². The number of ether oxygens (including phenoxy) is 1. The molecule has 0 spiro atoms. The lowest BCUT2D eigenvalue weighted by molar-refractivity contribution is -0.130. The fourth-order valence-electron chi connectivity index (χ4n) is 3.52. The Bertz CT molecular complexity index is 291. The molecule has 3 atom stereocenters. The fraction of sp³-hybridized carbons (Fsp3) is 0.923. The first-order chi connectivity index (χ1) is 8.09. The van der Waals surface area contributed by atoms with Crippen LogP contribution < -0.4 is 0 Å². The lowest BCUT2D eigenvalue weighted by Gasteiger charge is -2.37. The van der Waals surface area contributed by atoms with Gasteiger partial charge in [0.2, 0.25) is 5.91 Å². The summed E-state index contributed by atoms with van der Waals surface area (Å²) in [5.41, 5.74) is 0.203. The van der Waals surface area contributed by atoms with E-state index in [1.54, 1.807) is 14.0 Å². The molecule has 1 saturated heterocycles. The molecule has 0 N–H and O–H groups in total. The molecular formula is C13H22ClNO2. The normalized spacial score (nSPS) is 34.5. The third kappa shape index (κ3) is 2.45. The van der Waals surface area contributed by atoms with Crippen LogP contribution in [0, 0.1) is 11.3 Å². The molecule has 1 heterocycles. The van der Waals surface area contributed by atoms with Crippen LogP contribution in [-0.2, 0) is 9.53 Å². The molecule has 3 unspecified atom stereocenters. The molecular weight excluding hydrogens is 238 g/mol. The number of rotatable bonds is 3. The summed E-state index contributed by atoms with van der Waals surface area (Å²) in [4.78, 5) is 13.9. The van der Waals surface area contributed by atoms with E-state index in [4.69, 9.17) is 16.3 Å². The van der Waals surface area contributed by atoms with Crippen LogP contribution in [0.5, 0.6) is 0 Å². The number of alkyl halides is 1. The summed E-state index contributed by atoms with van der Waals surface area (Å²) in [7, 11) is 1.76. The zero-order valence-corrected chi connectivity index (χ0v) is 11.5. The largest absolute Gasteiger partial charge is 0.384 e. The van der Waals surface area contributed by atoms with Gasteiger partial charge in [0, 0.05) is 25.6 Å². The summed E-state index contributed by atoms with van der Waals surface area (Å²) in [5.74, 6) is 0.687. The molecule has 4 heteroatoms. The molecule has 17 heavy (non-hydrogen) atoms. The molecule has 0 bridgehead atoms. The molecule has 2 aliphatic rings. The third-order valence-electron chi connectivity index (χ3n) is 4.37. The van der Waals surface area contributed by atoms with Crippen molar-refractivity contribution in [1.82, 2.24) is 4.90 Å². The SMILES string of the molecule is COCC12CCCCC1CN(C(=O)C(C)Cl)C2. The molecule has 2 fully saturated rings. The van der Waals surface area contributed by atoms with Crippen LogP contribution in [0.15, 0.2) is 0 Å². The Morgan fingerprint density at radius 2 is 2.35 bits per heavy atom. The number of amides is 1. The number of carbonyl (C=O) groups excluding carboxylic acids is 1. The molecule has 0 aromatic carbocycles. The van der Waals surface area contributed by atoms with E-state index in [9.17, 15) is 4.79 Å². The maximum atomic E-state index is 12.0. The fourth-order valence-corrected chi connectivity index (χ4v) is 3.66. The second kappa shape index (κ2) is 5.15. The van der Waals surface area contributed by atoms with E-state index in [0.29, 0.717) is 5.92 Å². The van der Waals surface area contributed by atoms with Crippen LogP contribution in [-0.4, -0.2) is 43.0 Å². The highest BCUT2D eigenvalue weighted by molar-refractivity contribution is 6.30. The summed E-state index contributed by atoms with van der Waals surface area (Å²) >= 11 is 5.91. The van der Waals surface area contributed by atoms with Gasteiger partial charge >= 0.3 is 0 Å². The Morgan fingerprint density at radius 3 is 3.00 bits per heavy atom. The van der Waals surface area contributed by atoms with Gasteiger partial charge in [-0.15, -0.1) is 11.6 Å². The Kier molecular flexibility index (Phi) is 3.99. The van der Waals surface area contributed by atoms with Gasteiger partial charge < -0.3 is 9.64 Å². The molecule has 0 aromatic heterocycles. The average molecular weight is 260 g/mol. The Balaban J connectivity index is 2.10. The number of nitrogens with zero attached hydrogens (tertiary/aromatic N) is 1. The van der Waals surface area contributed by atoms with Gasteiger partial charge in [0.25, 0.3) is 0 Å². The number of methoxy groups -OCH3 is 1. The van der Waals surface area contributed by atoms with Gasteiger partial charge in [-0.05, 0) is 25.7 Å². The lowest BCUT2D eigenvalue weighted by atomic mass is 9.69. The maximum Gasteiger partial charge on any atom is 0.240 e. The van der Waals surface area contributed by atoms with Crippen molar-refractivity contribution in [2.24, 2.45) is 11.3 Å². The highest BCUT2D eigenvalue weighted by Gasteiger charge is 2.49. The Morgan fingerprint density at radius 1 is 1.59 bits per heavy atom. The smallest absolute Gasteiger partial charge is 0.240 e. The first-order valence-electron chi connectivity index (χ1n) is 6.51. The van der Waals surface area contributed by atoms with Gasteiger partial charge in [-0.1, -0.05) is 12.8 Å². The zero-order valence-electron chi connectivity index (χ0n) is 10.7. The average Bonchev–Trinajstić information content (AvgIpc) is 2.67. The van der Waals surface area contributed by atoms with Crippen molar-refractivity contribution < 1.29 is 9.53 Å². The molecule has 1 aliphatic carbocycles. The summed E-state index contributed by atoms with van der Waals surface area (Å²) in [5, 5.41) is -0.408. The number of halogens is 1. The van der Waals surface area contributed by atoms with E-state index in [1.165, 1.54) is 25.7 Å². The number of fused-ring (bicyclic) bond motifs is 1. The standard InChI is InChI=1S/C13H22ClNO2/c1-10(14)12(16)15-7-11-5-3-4-6-13(11,8-15)9-17-2/h10-11H,3-9H2,1-2H3. The number of likely N-dealkylation sites (tertiary alicyclic amines) is 1. The van der Waals surface area contributed by atoms with Crippen LogP contribution in [0.3, 0.4) is 0 Å². The first-order valence-corrected chi connectivity index (χ1v) is 6.94. The molecule has 1 saturated carbocycles. The van der Waals surface area contributed by atoms with Crippen LogP contribution in [0.25, 0.3) is 0 Å². The highest BCUT2D eigenvalue weighted by atomic mass is 35.5. The molecule has 3 nitrogen and oxygen atoms in total. The second-order valence-electron chi connectivity index (χ2n) is 5.57. The van der Waals surface area contributed by atoms with Crippen LogP contribution in [0.2, 0.25) is 0 Å². The monoisotopic (exact) mass is 259 g/mol. The number of carbonyl (C=O) groups is 1. The predicted molar refractivity (Wildman–Crippen MR) is 68.2 cm³/mol. The lowest BCUT2D eigenvalue weighted by Crippen LogP contribution is -2.39. The molecule has 2 rings (SSSR count). The third-order valence-corrected chi connectivity index (χ3v) is 4.56. The summed E-state index contributed by atoms with van der Waals surface area (Å²) < 4.78 is 5.40. The molecule has 98 valence electrons. The van der Waals surface area contributed by atoms with Gasteiger partial charge in [0.1, 0.15) is 5.38 Å². The van der Waals surface area contributed by atoms with E-state index in [2.05, 4.69) is 0 Å². The number of hydrogen-bond donors (Lipinski definition) is 0. The molecule has 1 aliphatic heterocycles. The van der Waals surface area contributed by atoms with Crippen molar-refractivity contribution >= 4 is 17.5 Å². The Hall–Kier alpha value is -0.280. The zero-order chi connectivity index (χ0) is 12.5. The van der Waals surface area contributed by atoms with E-state index in [0.717, 1.165) is 19.7 Å². The quantitative estimate of drug-likeness (QED) is 0.728. The minimum atomic E-state index is -0.408.